The molecule has 2 rings (SSSR count). The van der Waals surface area contributed by atoms with Gasteiger partial charge in [0, 0.05) is 0 Å². The fraction of sp³-hybridized carbons (Fsp3) is 0.455. The first-order chi connectivity index (χ1) is 9.11. The van der Waals surface area contributed by atoms with Crippen LogP contribution in [0.1, 0.15) is 25.6 Å². The van der Waals surface area contributed by atoms with Gasteiger partial charge in [0.15, 0.2) is 5.76 Å². The Labute approximate surface area is 111 Å². The molecule has 0 atom stereocenters. The van der Waals surface area contributed by atoms with Gasteiger partial charge in [0.25, 0.3) is 0 Å². The number of nitrogens with zero attached hydrogens (tertiary/aromatic N) is 2. The molecule has 0 radical (unpaired) electrons. The lowest BCUT2D eigenvalue weighted by atomic mass is 10.4. The number of unbranched alkanes of at least 4 members (excludes halogenated alkanes) is 1. The fourth-order valence-corrected chi connectivity index (χ4v) is 2.64. The topological polar surface area (TPSA) is 101 Å². The lowest BCUT2D eigenvalue weighted by molar-refractivity contribution is 0.576. The van der Waals surface area contributed by atoms with E-state index >= 15 is 0 Å². The predicted molar refractivity (Wildman–Crippen MR) is 69.6 cm³/mol. The van der Waals surface area contributed by atoms with E-state index in [4.69, 9.17) is 4.42 Å². The maximum absolute atomic E-state index is 11.6. The molecule has 0 aromatic carbocycles. The van der Waals surface area contributed by atoms with Crippen molar-refractivity contribution < 1.29 is 12.8 Å². The van der Waals surface area contributed by atoms with Gasteiger partial charge in [0.05, 0.1) is 18.6 Å². The lowest BCUT2D eigenvalue weighted by Gasteiger charge is -2.03. The smallest absolute Gasteiger partial charge is 0.216 e. The summed E-state index contributed by atoms with van der Waals surface area (Å²) in [6.45, 7) is 2.04. The number of sulfonamides is 1. The SMILES string of the molecule is CCCCS(=O)(=O)NCc1nc(-c2ccco2)n[nH]1. The minimum Gasteiger partial charge on any atom is -0.461 e. The number of furan rings is 1. The third-order valence-electron chi connectivity index (χ3n) is 2.50. The number of hydrogen-bond acceptors (Lipinski definition) is 5. The van der Waals surface area contributed by atoms with Gasteiger partial charge in [-0.15, -0.1) is 5.10 Å². The average Bonchev–Trinajstić information content (AvgIpc) is 3.04. The van der Waals surface area contributed by atoms with Crippen molar-refractivity contribution in [1.82, 2.24) is 19.9 Å². The quantitative estimate of drug-likeness (QED) is 0.797. The first-order valence-electron chi connectivity index (χ1n) is 6.03. The molecular weight excluding hydrogens is 268 g/mol. The van der Waals surface area contributed by atoms with Crippen molar-refractivity contribution in [1.29, 1.82) is 0 Å². The molecule has 8 heteroatoms. The van der Waals surface area contributed by atoms with Gasteiger partial charge in [-0.3, -0.25) is 5.10 Å². The Morgan fingerprint density at radius 1 is 1.47 bits per heavy atom. The molecule has 2 heterocycles. The van der Waals surface area contributed by atoms with Crippen molar-refractivity contribution in [2.75, 3.05) is 5.75 Å². The molecule has 0 fully saturated rings. The van der Waals surface area contributed by atoms with E-state index in [9.17, 15) is 8.42 Å². The number of H-pyrrole nitrogens is 1. The van der Waals surface area contributed by atoms with Crippen LogP contribution in [0.15, 0.2) is 22.8 Å². The fourth-order valence-electron chi connectivity index (χ4n) is 1.48. The van der Waals surface area contributed by atoms with Crippen molar-refractivity contribution in [3.8, 4) is 11.6 Å². The minimum absolute atomic E-state index is 0.0970. The molecule has 0 amide bonds. The highest BCUT2D eigenvalue weighted by molar-refractivity contribution is 7.89. The third-order valence-corrected chi connectivity index (χ3v) is 3.91. The maximum Gasteiger partial charge on any atom is 0.216 e. The zero-order chi connectivity index (χ0) is 13.7. The van der Waals surface area contributed by atoms with E-state index in [-0.39, 0.29) is 12.3 Å². The molecule has 0 unspecified atom stereocenters. The van der Waals surface area contributed by atoms with Gasteiger partial charge in [0.2, 0.25) is 15.8 Å². The van der Waals surface area contributed by atoms with Gasteiger partial charge in [0.1, 0.15) is 5.82 Å². The lowest BCUT2D eigenvalue weighted by Crippen LogP contribution is -2.26. The largest absolute Gasteiger partial charge is 0.461 e. The van der Waals surface area contributed by atoms with Crippen LogP contribution < -0.4 is 4.72 Å². The molecule has 0 aliphatic rings. The van der Waals surface area contributed by atoms with E-state index in [1.54, 1.807) is 12.1 Å². The van der Waals surface area contributed by atoms with Crippen LogP contribution in [-0.4, -0.2) is 29.4 Å². The van der Waals surface area contributed by atoms with Crippen molar-refractivity contribution >= 4 is 10.0 Å². The molecule has 7 nitrogen and oxygen atoms in total. The summed E-state index contributed by atoms with van der Waals surface area (Å²) in [5.74, 6) is 1.53. The van der Waals surface area contributed by atoms with Crippen LogP contribution in [0.25, 0.3) is 11.6 Å². The van der Waals surface area contributed by atoms with Crippen LogP contribution in [0.3, 0.4) is 0 Å². The number of aromatic nitrogens is 3. The summed E-state index contributed by atoms with van der Waals surface area (Å²) >= 11 is 0. The Balaban J connectivity index is 1.94. The van der Waals surface area contributed by atoms with E-state index in [0.717, 1.165) is 6.42 Å². The Hall–Kier alpha value is -1.67. The summed E-state index contributed by atoms with van der Waals surface area (Å²) < 4.78 is 30.8. The van der Waals surface area contributed by atoms with Crippen LogP contribution in [0.5, 0.6) is 0 Å². The molecule has 0 saturated carbocycles. The zero-order valence-electron chi connectivity index (χ0n) is 10.6. The second-order valence-electron chi connectivity index (χ2n) is 4.08. The third kappa shape index (κ3) is 3.90. The zero-order valence-corrected chi connectivity index (χ0v) is 11.4. The molecular formula is C11H16N4O3S. The number of rotatable bonds is 7. The van der Waals surface area contributed by atoms with Crippen LogP contribution >= 0.6 is 0 Å². The van der Waals surface area contributed by atoms with Crippen LogP contribution in [0.4, 0.5) is 0 Å². The van der Waals surface area contributed by atoms with Gasteiger partial charge in [-0.25, -0.2) is 18.1 Å². The Morgan fingerprint density at radius 3 is 3.00 bits per heavy atom. The molecule has 104 valence electrons. The van der Waals surface area contributed by atoms with Crippen LogP contribution in [0, 0.1) is 0 Å². The van der Waals surface area contributed by atoms with E-state index in [1.165, 1.54) is 6.26 Å². The molecule has 0 aliphatic heterocycles. The average molecular weight is 284 g/mol. The number of nitrogens with one attached hydrogen (secondary N) is 2. The van der Waals surface area contributed by atoms with E-state index in [0.29, 0.717) is 23.8 Å². The summed E-state index contributed by atoms with van der Waals surface area (Å²) in [6.07, 6.45) is 3.01. The van der Waals surface area contributed by atoms with Crippen molar-refractivity contribution in [2.45, 2.75) is 26.3 Å². The molecule has 0 bridgehead atoms. The molecule has 0 saturated heterocycles. The van der Waals surface area contributed by atoms with Crippen LogP contribution in [0.2, 0.25) is 0 Å². The first-order valence-corrected chi connectivity index (χ1v) is 7.68. The number of aromatic amines is 1. The summed E-state index contributed by atoms with van der Waals surface area (Å²) in [5.41, 5.74) is 0. The minimum atomic E-state index is -3.25. The Kier molecular flexibility index (Phi) is 4.33. The van der Waals surface area contributed by atoms with E-state index < -0.39 is 10.0 Å². The predicted octanol–water partition coefficient (Wildman–Crippen LogP) is 1.28. The Bertz CT molecular complexity index is 604. The Morgan fingerprint density at radius 2 is 2.32 bits per heavy atom. The van der Waals surface area contributed by atoms with Gasteiger partial charge in [-0.2, -0.15) is 0 Å². The molecule has 2 aromatic rings. The maximum atomic E-state index is 11.6. The van der Waals surface area contributed by atoms with E-state index in [2.05, 4.69) is 19.9 Å². The van der Waals surface area contributed by atoms with Gasteiger partial charge < -0.3 is 4.42 Å². The molecule has 19 heavy (non-hydrogen) atoms. The second-order valence-corrected chi connectivity index (χ2v) is 6.00. The summed E-state index contributed by atoms with van der Waals surface area (Å²) in [4.78, 5) is 4.15. The highest BCUT2D eigenvalue weighted by Crippen LogP contribution is 2.14. The van der Waals surface area contributed by atoms with Crippen molar-refractivity contribution in [3.05, 3.63) is 24.2 Å². The number of hydrogen-bond donors (Lipinski definition) is 2. The van der Waals surface area contributed by atoms with E-state index in [1.807, 2.05) is 6.92 Å². The monoisotopic (exact) mass is 284 g/mol. The highest BCUT2D eigenvalue weighted by Gasteiger charge is 2.12. The summed E-state index contributed by atoms with van der Waals surface area (Å²) in [6, 6.07) is 3.47. The molecule has 2 N–H and O–H groups in total. The van der Waals surface area contributed by atoms with Gasteiger partial charge >= 0.3 is 0 Å². The van der Waals surface area contributed by atoms with Crippen molar-refractivity contribution in [3.63, 3.8) is 0 Å². The second kappa shape index (κ2) is 5.98. The van der Waals surface area contributed by atoms with Crippen molar-refractivity contribution in [2.24, 2.45) is 0 Å². The van der Waals surface area contributed by atoms with Crippen LogP contribution in [-0.2, 0) is 16.6 Å². The summed E-state index contributed by atoms with van der Waals surface area (Å²) in [5, 5.41) is 6.63. The normalized spacial score (nSPS) is 11.8. The molecule has 0 spiro atoms. The molecule has 2 aromatic heterocycles. The summed E-state index contributed by atoms with van der Waals surface area (Å²) in [7, 11) is -3.25. The first kappa shape index (κ1) is 13.8. The standard InChI is InChI=1S/C11H16N4O3S/c1-2-3-7-19(16,17)12-8-10-13-11(15-14-10)9-5-4-6-18-9/h4-6,12H,2-3,7-8H2,1H3,(H,13,14,15). The van der Waals surface area contributed by atoms with Gasteiger partial charge in [-0.1, -0.05) is 13.3 Å². The molecule has 0 aliphatic carbocycles. The van der Waals surface area contributed by atoms with Gasteiger partial charge in [-0.05, 0) is 18.6 Å². The highest BCUT2D eigenvalue weighted by atomic mass is 32.2.